The number of hydrogen-bond acceptors (Lipinski definition) is 6. The summed E-state index contributed by atoms with van der Waals surface area (Å²) in [5.41, 5.74) is 5.60. The minimum absolute atomic E-state index is 0.242. The summed E-state index contributed by atoms with van der Waals surface area (Å²) in [6.07, 6.45) is 0. The number of aryl methyl sites for hydroxylation is 2. The molecule has 1 fully saturated rings. The normalized spacial score (nSPS) is 15.6. The van der Waals surface area contributed by atoms with Crippen molar-refractivity contribution in [2.24, 2.45) is 7.05 Å². The van der Waals surface area contributed by atoms with E-state index in [-0.39, 0.29) is 10.8 Å². The molecule has 1 aromatic carbocycles. The molecule has 1 aliphatic rings. The second-order valence-corrected chi connectivity index (χ2v) is 10.0. The van der Waals surface area contributed by atoms with E-state index in [0.29, 0.717) is 43.3 Å². The van der Waals surface area contributed by atoms with Crippen molar-refractivity contribution < 1.29 is 12.8 Å². The Labute approximate surface area is 183 Å². The summed E-state index contributed by atoms with van der Waals surface area (Å²) in [7, 11) is -1.87. The Morgan fingerprint density at radius 3 is 2.23 bits per heavy atom. The third-order valence-corrected chi connectivity index (χ3v) is 8.48. The molecular formula is C22H29N5O3S. The van der Waals surface area contributed by atoms with E-state index >= 15 is 0 Å². The predicted molar refractivity (Wildman–Crippen MR) is 120 cm³/mol. The molecule has 9 heteroatoms. The van der Waals surface area contributed by atoms with E-state index in [1.54, 1.807) is 11.2 Å². The van der Waals surface area contributed by atoms with Gasteiger partial charge >= 0.3 is 0 Å². The van der Waals surface area contributed by atoms with Crippen molar-refractivity contribution in [3.05, 3.63) is 46.6 Å². The van der Waals surface area contributed by atoms with Gasteiger partial charge in [-0.1, -0.05) is 12.1 Å². The highest BCUT2D eigenvalue weighted by Crippen LogP contribution is 2.36. The highest BCUT2D eigenvalue weighted by atomic mass is 32.2. The Kier molecular flexibility index (Phi) is 5.43. The lowest BCUT2D eigenvalue weighted by atomic mass is 10.1. The molecule has 0 saturated carbocycles. The van der Waals surface area contributed by atoms with Crippen molar-refractivity contribution in [2.45, 2.75) is 39.5 Å². The van der Waals surface area contributed by atoms with Gasteiger partial charge in [0.05, 0.1) is 5.56 Å². The Morgan fingerprint density at radius 2 is 1.61 bits per heavy atom. The average Bonchev–Trinajstić information content (AvgIpc) is 3.26. The maximum atomic E-state index is 13.7. The molecule has 4 rings (SSSR count). The molecule has 3 heterocycles. The lowest BCUT2D eigenvalue weighted by molar-refractivity contribution is 0.384. The molecule has 1 aliphatic heterocycles. The molecule has 0 radical (unpaired) electrons. The van der Waals surface area contributed by atoms with E-state index in [1.807, 2.05) is 25.5 Å². The zero-order chi connectivity index (χ0) is 22.5. The van der Waals surface area contributed by atoms with Gasteiger partial charge in [-0.25, -0.2) is 8.42 Å². The number of aromatic nitrogens is 3. The van der Waals surface area contributed by atoms with Crippen molar-refractivity contribution in [2.75, 3.05) is 31.1 Å². The number of nitrogens with zero attached hydrogens (tertiary/aromatic N) is 5. The molecule has 0 spiro atoms. The van der Waals surface area contributed by atoms with Gasteiger partial charge < -0.3 is 13.9 Å². The second kappa shape index (κ2) is 7.80. The van der Waals surface area contributed by atoms with Crippen molar-refractivity contribution in [1.82, 2.24) is 19.1 Å². The van der Waals surface area contributed by atoms with Crippen LogP contribution in [-0.2, 0) is 17.1 Å². The third kappa shape index (κ3) is 3.55. The van der Waals surface area contributed by atoms with E-state index in [0.717, 1.165) is 5.69 Å². The van der Waals surface area contributed by atoms with Crippen LogP contribution in [0.25, 0.3) is 11.5 Å². The quantitative estimate of drug-likeness (QED) is 0.616. The van der Waals surface area contributed by atoms with Gasteiger partial charge in [-0.2, -0.15) is 4.31 Å². The largest absolute Gasteiger partial charge is 0.421 e. The molecule has 166 valence electrons. The first-order chi connectivity index (χ1) is 14.6. The molecule has 0 bridgehead atoms. The van der Waals surface area contributed by atoms with Crippen LogP contribution in [-0.4, -0.2) is 53.7 Å². The van der Waals surface area contributed by atoms with E-state index in [1.165, 1.54) is 16.8 Å². The van der Waals surface area contributed by atoms with E-state index < -0.39 is 10.0 Å². The molecule has 3 aromatic rings. The molecule has 31 heavy (non-hydrogen) atoms. The first-order valence-corrected chi connectivity index (χ1v) is 11.8. The van der Waals surface area contributed by atoms with E-state index in [4.69, 9.17) is 4.42 Å². The summed E-state index contributed by atoms with van der Waals surface area (Å²) in [5.74, 6) is 0.646. The maximum Gasteiger partial charge on any atom is 0.250 e. The number of benzene rings is 1. The molecule has 0 unspecified atom stereocenters. The van der Waals surface area contributed by atoms with Crippen LogP contribution in [0.2, 0.25) is 0 Å². The molecule has 0 atom stereocenters. The van der Waals surface area contributed by atoms with Crippen molar-refractivity contribution in [1.29, 1.82) is 0 Å². The van der Waals surface area contributed by atoms with Crippen LogP contribution in [0.4, 0.5) is 5.69 Å². The fourth-order valence-corrected chi connectivity index (χ4v) is 6.16. The highest BCUT2D eigenvalue weighted by molar-refractivity contribution is 7.89. The van der Waals surface area contributed by atoms with Gasteiger partial charge in [0.25, 0.3) is 5.89 Å². The van der Waals surface area contributed by atoms with Crippen LogP contribution in [0.15, 0.2) is 27.5 Å². The fourth-order valence-electron chi connectivity index (χ4n) is 4.26. The lowest BCUT2D eigenvalue weighted by Gasteiger charge is -2.36. The van der Waals surface area contributed by atoms with Crippen LogP contribution in [0.1, 0.15) is 28.4 Å². The summed E-state index contributed by atoms with van der Waals surface area (Å²) < 4.78 is 36.5. The Morgan fingerprint density at radius 1 is 0.935 bits per heavy atom. The SMILES string of the molecule is Cc1nnc(-c2c(S(=O)(=O)N3CCN(c4cccc(C)c4C)CC3)c(C)n(C)c2C)o1. The molecule has 0 amide bonds. The topological polar surface area (TPSA) is 84.5 Å². The molecule has 0 aliphatic carbocycles. The number of sulfonamides is 1. The van der Waals surface area contributed by atoms with Crippen LogP contribution in [0.5, 0.6) is 0 Å². The second-order valence-electron chi connectivity index (χ2n) is 8.17. The number of piperazine rings is 1. The molecule has 0 N–H and O–H groups in total. The lowest BCUT2D eigenvalue weighted by Crippen LogP contribution is -2.49. The van der Waals surface area contributed by atoms with E-state index in [9.17, 15) is 8.42 Å². The number of hydrogen-bond donors (Lipinski definition) is 0. The Bertz CT molecular complexity index is 1230. The van der Waals surface area contributed by atoms with Crippen LogP contribution in [0.3, 0.4) is 0 Å². The zero-order valence-electron chi connectivity index (χ0n) is 18.9. The van der Waals surface area contributed by atoms with Crippen molar-refractivity contribution >= 4 is 15.7 Å². The van der Waals surface area contributed by atoms with Gasteiger partial charge in [0.2, 0.25) is 15.9 Å². The summed E-state index contributed by atoms with van der Waals surface area (Å²) in [6, 6.07) is 6.25. The van der Waals surface area contributed by atoms with Gasteiger partial charge in [-0.05, 0) is 44.9 Å². The van der Waals surface area contributed by atoms with Crippen LogP contribution >= 0.6 is 0 Å². The van der Waals surface area contributed by atoms with Gasteiger partial charge in [-0.3, -0.25) is 0 Å². The first-order valence-electron chi connectivity index (χ1n) is 10.4. The zero-order valence-corrected chi connectivity index (χ0v) is 19.7. The van der Waals surface area contributed by atoms with Crippen LogP contribution < -0.4 is 4.90 Å². The average molecular weight is 444 g/mol. The number of anilines is 1. The molecule has 1 saturated heterocycles. The monoisotopic (exact) mass is 443 g/mol. The van der Waals surface area contributed by atoms with Crippen molar-refractivity contribution in [3.63, 3.8) is 0 Å². The number of rotatable bonds is 4. The standard InChI is InChI=1S/C22H29N5O3S/c1-14-8-7-9-19(15(14)2)26-10-12-27(13-11-26)31(28,29)21-17(4)25(6)16(3)20(21)22-24-23-18(5)30-22/h7-9H,10-13H2,1-6H3. The molecule has 2 aromatic heterocycles. The smallest absolute Gasteiger partial charge is 0.250 e. The van der Waals surface area contributed by atoms with Crippen LogP contribution in [0, 0.1) is 34.6 Å². The van der Waals surface area contributed by atoms with Gasteiger partial charge in [0.1, 0.15) is 4.90 Å². The summed E-state index contributed by atoms with van der Waals surface area (Å²) in [6.45, 7) is 11.7. The predicted octanol–water partition coefficient (Wildman–Crippen LogP) is 3.13. The van der Waals surface area contributed by atoms with Gasteiger partial charge in [-0.15, -0.1) is 10.2 Å². The maximum absolute atomic E-state index is 13.7. The third-order valence-electron chi connectivity index (χ3n) is 6.42. The Hall–Kier alpha value is -2.65. The van der Waals surface area contributed by atoms with Crippen molar-refractivity contribution in [3.8, 4) is 11.5 Å². The summed E-state index contributed by atoms with van der Waals surface area (Å²) in [4.78, 5) is 2.52. The summed E-state index contributed by atoms with van der Waals surface area (Å²) in [5, 5.41) is 8.00. The van der Waals surface area contributed by atoms with Gasteiger partial charge in [0.15, 0.2) is 0 Å². The first kappa shape index (κ1) is 21.6. The summed E-state index contributed by atoms with van der Waals surface area (Å²) >= 11 is 0. The molecule has 8 nitrogen and oxygen atoms in total. The minimum Gasteiger partial charge on any atom is -0.421 e. The fraction of sp³-hybridized carbons (Fsp3) is 0.455. The van der Waals surface area contributed by atoms with E-state index in [2.05, 4.69) is 47.1 Å². The van der Waals surface area contributed by atoms with Gasteiger partial charge in [0, 0.05) is 57.2 Å². The molecular weight excluding hydrogens is 414 g/mol. The Balaban J connectivity index is 1.66. The highest BCUT2D eigenvalue weighted by Gasteiger charge is 2.36. The minimum atomic E-state index is -3.73.